The molecule has 0 heterocycles. The number of carbonyl (C=O) groups excluding carboxylic acids is 1. The van der Waals surface area contributed by atoms with E-state index in [1.807, 2.05) is 19.1 Å². The minimum absolute atomic E-state index is 0.0904. The van der Waals surface area contributed by atoms with Crippen LogP contribution in [0.25, 0.3) is 0 Å². The van der Waals surface area contributed by atoms with Crippen molar-refractivity contribution in [3.05, 3.63) is 29.8 Å². The molecule has 114 valence electrons. The molecule has 2 saturated carbocycles. The molecule has 0 radical (unpaired) electrons. The van der Waals surface area contributed by atoms with Gasteiger partial charge >= 0.3 is 0 Å². The lowest BCUT2D eigenvalue weighted by Gasteiger charge is -2.38. The van der Waals surface area contributed by atoms with Gasteiger partial charge in [0.2, 0.25) is 5.91 Å². The molecule has 1 unspecified atom stereocenters. The maximum absolute atomic E-state index is 11.9. The molecule has 2 aliphatic carbocycles. The lowest BCUT2D eigenvalue weighted by atomic mass is 9.75. The van der Waals surface area contributed by atoms with Crippen LogP contribution >= 0.6 is 0 Å². The number of amides is 1. The van der Waals surface area contributed by atoms with Crippen LogP contribution in [0, 0.1) is 0 Å². The summed E-state index contributed by atoms with van der Waals surface area (Å²) in [5.74, 6) is 1.65. The van der Waals surface area contributed by atoms with Crippen LogP contribution in [-0.4, -0.2) is 31.1 Å². The Bertz CT molecular complexity index is 490. The van der Waals surface area contributed by atoms with Crippen LogP contribution in [0.15, 0.2) is 24.3 Å². The van der Waals surface area contributed by atoms with E-state index >= 15 is 0 Å². The summed E-state index contributed by atoms with van der Waals surface area (Å²) in [6.07, 6.45) is 4.49. The molecule has 1 atom stereocenters. The quantitative estimate of drug-likeness (QED) is 0.843. The first kappa shape index (κ1) is 14.4. The van der Waals surface area contributed by atoms with Crippen molar-refractivity contribution in [3.8, 4) is 5.75 Å². The largest absolute Gasteiger partial charge is 0.497 e. The second kappa shape index (κ2) is 6.06. The van der Waals surface area contributed by atoms with E-state index in [0.29, 0.717) is 18.0 Å². The van der Waals surface area contributed by atoms with Gasteiger partial charge in [0.15, 0.2) is 0 Å². The number of ether oxygens (including phenoxy) is 1. The van der Waals surface area contributed by atoms with Crippen molar-refractivity contribution in [2.45, 2.75) is 56.7 Å². The fraction of sp³-hybridized carbons (Fsp3) is 0.588. The van der Waals surface area contributed by atoms with Crippen molar-refractivity contribution < 1.29 is 9.53 Å². The first-order chi connectivity index (χ1) is 10.2. The monoisotopic (exact) mass is 288 g/mol. The number of hydrogen-bond donors (Lipinski definition) is 2. The summed E-state index contributed by atoms with van der Waals surface area (Å²) in [4.78, 5) is 11.9. The van der Waals surface area contributed by atoms with Gasteiger partial charge < -0.3 is 15.4 Å². The summed E-state index contributed by atoms with van der Waals surface area (Å²) < 4.78 is 5.18. The highest BCUT2D eigenvalue weighted by Crippen LogP contribution is 2.37. The Morgan fingerprint density at radius 3 is 2.43 bits per heavy atom. The van der Waals surface area contributed by atoms with Crippen LogP contribution in [0.5, 0.6) is 5.75 Å². The van der Waals surface area contributed by atoms with Crippen LogP contribution in [-0.2, 0) is 4.79 Å². The Labute approximate surface area is 126 Å². The summed E-state index contributed by atoms with van der Waals surface area (Å²) in [6, 6.07) is 9.12. The van der Waals surface area contributed by atoms with Gasteiger partial charge in [-0.05, 0) is 56.2 Å². The van der Waals surface area contributed by atoms with Crippen LogP contribution in [0.1, 0.15) is 44.1 Å². The minimum Gasteiger partial charge on any atom is -0.497 e. The molecule has 2 N–H and O–H groups in total. The summed E-state index contributed by atoms with van der Waals surface area (Å²) >= 11 is 0. The molecular weight excluding hydrogens is 264 g/mol. The van der Waals surface area contributed by atoms with Crippen LogP contribution in [0.4, 0.5) is 0 Å². The van der Waals surface area contributed by atoms with Gasteiger partial charge in [0.25, 0.3) is 0 Å². The van der Waals surface area contributed by atoms with Gasteiger partial charge in [-0.2, -0.15) is 0 Å². The fourth-order valence-electron chi connectivity index (χ4n) is 2.89. The molecule has 1 aromatic carbocycles. The SMILES string of the molecule is COc1ccc(C2CC(NC(C)C(=O)NC3CC3)C2)cc1. The van der Waals surface area contributed by atoms with Gasteiger partial charge in [0, 0.05) is 12.1 Å². The number of hydrogen-bond acceptors (Lipinski definition) is 3. The van der Waals surface area contributed by atoms with Crippen molar-refractivity contribution in [2.75, 3.05) is 7.11 Å². The third kappa shape index (κ3) is 3.56. The lowest BCUT2D eigenvalue weighted by molar-refractivity contribution is -0.123. The standard InChI is InChI=1S/C17H24N2O2/c1-11(17(20)19-14-5-6-14)18-15-9-13(10-15)12-3-7-16(21-2)8-4-12/h3-4,7-8,11,13-15,18H,5-6,9-10H2,1-2H3,(H,19,20). The molecular formula is C17H24N2O2. The average Bonchev–Trinajstić information content (AvgIpc) is 3.26. The topological polar surface area (TPSA) is 50.4 Å². The summed E-state index contributed by atoms with van der Waals surface area (Å²) in [5.41, 5.74) is 1.36. The molecule has 0 bridgehead atoms. The van der Waals surface area contributed by atoms with Crippen molar-refractivity contribution >= 4 is 5.91 Å². The molecule has 0 aliphatic heterocycles. The van der Waals surface area contributed by atoms with Gasteiger partial charge in [0.05, 0.1) is 13.2 Å². The lowest BCUT2D eigenvalue weighted by Crippen LogP contribution is -2.51. The Kier molecular flexibility index (Phi) is 4.15. The maximum Gasteiger partial charge on any atom is 0.237 e. The predicted octanol–water partition coefficient (Wildman–Crippen LogP) is 2.20. The van der Waals surface area contributed by atoms with Crippen LogP contribution in [0.2, 0.25) is 0 Å². The zero-order chi connectivity index (χ0) is 14.8. The van der Waals surface area contributed by atoms with Crippen molar-refractivity contribution in [2.24, 2.45) is 0 Å². The number of nitrogens with one attached hydrogen (secondary N) is 2. The van der Waals surface area contributed by atoms with Gasteiger partial charge in [-0.25, -0.2) is 0 Å². The van der Waals surface area contributed by atoms with E-state index < -0.39 is 0 Å². The Morgan fingerprint density at radius 2 is 1.86 bits per heavy atom. The van der Waals surface area contributed by atoms with Crippen molar-refractivity contribution in [1.29, 1.82) is 0 Å². The molecule has 0 spiro atoms. The highest BCUT2D eigenvalue weighted by atomic mass is 16.5. The molecule has 4 heteroatoms. The zero-order valence-electron chi connectivity index (χ0n) is 12.8. The predicted molar refractivity (Wildman–Crippen MR) is 82.5 cm³/mol. The number of methoxy groups -OCH3 is 1. The molecule has 1 aromatic rings. The van der Waals surface area contributed by atoms with Gasteiger partial charge in [-0.3, -0.25) is 4.79 Å². The third-order valence-electron chi connectivity index (χ3n) is 4.53. The molecule has 0 aromatic heterocycles. The Morgan fingerprint density at radius 1 is 1.19 bits per heavy atom. The maximum atomic E-state index is 11.9. The fourth-order valence-corrected chi connectivity index (χ4v) is 2.89. The van der Waals surface area contributed by atoms with E-state index in [2.05, 4.69) is 22.8 Å². The van der Waals surface area contributed by atoms with Gasteiger partial charge in [-0.15, -0.1) is 0 Å². The zero-order valence-corrected chi connectivity index (χ0v) is 12.8. The molecule has 1 amide bonds. The number of benzene rings is 1. The smallest absolute Gasteiger partial charge is 0.237 e. The van der Waals surface area contributed by atoms with E-state index in [1.54, 1.807) is 7.11 Å². The summed E-state index contributed by atoms with van der Waals surface area (Å²) in [5, 5.41) is 6.48. The van der Waals surface area contributed by atoms with E-state index in [0.717, 1.165) is 31.4 Å². The molecule has 4 nitrogen and oxygen atoms in total. The summed E-state index contributed by atoms with van der Waals surface area (Å²) in [6.45, 7) is 1.96. The third-order valence-corrected chi connectivity index (χ3v) is 4.53. The molecule has 2 aliphatic rings. The normalized spacial score (nSPS) is 25.8. The van der Waals surface area contributed by atoms with Crippen molar-refractivity contribution in [3.63, 3.8) is 0 Å². The molecule has 0 saturated heterocycles. The van der Waals surface area contributed by atoms with E-state index in [1.165, 1.54) is 5.56 Å². The van der Waals surface area contributed by atoms with E-state index in [-0.39, 0.29) is 11.9 Å². The van der Waals surface area contributed by atoms with Crippen LogP contribution < -0.4 is 15.4 Å². The van der Waals surface area contributed by atoms with E-state index in [9.17, 15) is 4.79 Å². The summed E-state index contributed by atoms with van der Waals surface area (Å²) in [7, 11) is 1.69. The van der Waals surface area contributed by atoms with Crippen molar-refractivity contribution in [1.82, 2.24) is 10.6 Å². The molecule has 2 fully saturated rings. The molecule has 21 heavy (non-hydrogen) atoms. The van der Waals surface area contributed by atoms with Gasteiger partial charge in [0.1, 0.15) is 5.75 Å². The highest BCUT2D eigenvalue weighted by Gasteiger charge is 2.33. The Hall–Kier alpha value is -1.55. The number of carbonyl (C=O) groups is 1. The second-order valence-electron chi connectivity index (χ2n) is 6.31. The first-order valence-electron chi connectivity index (χ1n) is 7.86. The van der Waals surface area contributed by atoms with E-state index in [4.69, 9.17) is 4.74 Å². The Balaban J connectivity index is 1.43. The highest BCUT2D eigenvalue weighted by molar-refractivity contribution is 5.81. The second-order valence-corrected chi connectivity index (χ2v) is 6.31. The molecule has 3 rings (SSSR count). The van der Waals surface area contributed by atoms with Gasteiger partial charge in [-0.1, -0.05) is 12.1 Å². The average molecular weight is 288 g/mol. The van der Waals surface area contributed by atoms with Crippen LogP contribution in [0.3, 0.4) is 0 Å². The minimum atomic E-state index is -0.0904. The number of rotatable bonds is 6. The first-order valence-corrected chi connectivity index (χ1v) is 7.86.